The number of primary amides is 1. The number of nitrogens with two attached hydrogens (primary N) is 1. The van der Waals surface area contributed by atoms with E-state index in [1.165, 1.54) is 6.26 Å². The molecule has 3 nitrogen and oxygen atoms in total. The van der Waals surface area contributed by atoms with E-state index >= 15 is 0 Å². The maximum absolute atomic E-state index is 10.2. The van der Waals surface area contributed by atoms with Gasteiger partial charge in [-0.3, -0.25) is 4.79 Å². The van der Waals surface area contributed by atoms with Gasteiger partial charge >= 0.3 is 0 Å². The molecule has 4 heteroatoms. The Morgan fingerprint density at radius 2 is 2.44 bits per heavy atom. The molecule has 0 aromatic rings. The lowest BCUT2D eigenvalue weighted by molar-refractivity contribution is -0.113. The van der Waals surface area contributed by atoms with E-state index in [2.05, 4.69) is 15.9 Å². The van der Waals surface area contributed by atoms with E-state index in [0.717, 1.165) is 0 Å². The minimum atomic E-state index is -0.525. The van der Waals surface area contributed by atoms with E-state index in [0.29, 0.717) is 6.61 Å². The monoisotopic (exact) mass is 193 g/mol. The van der Waals surface area contributed by atoms with Gasteiger partial charge in [-0.05, 0) is 22.9 Å². The predicted molar refractivity (Wildman–Crippen MR) is 37.8 cm³/mol. The van der Waals surface area contributed by atoms with Crippen LogP contribution in [0.1, 0.15) is 6.92 Å². The standard InChI is InChI=1S/C5H8BrNO2/c1-2-9-3-4(6)5(7)8/h3H,2H2,1H3,(H2,7,8). The quantitative estimate of drug-likeness (QED) is 0.532. The Balaban J connectivity index is 3.69. The molecule has 0 unspecified atom stereocenters. The molecule has 9 heavy (non-hydrogen) atoms. The molecule has 0 aliphatic rings. The van der Waals surface area contributed by atoms with Crippen LogP contribution >= 0.6 is 15.9 Å². The summed E-state index contributed by atoms with van der Waals surface area (Å²) >= 11 is 2.90. The zero-order valence-corrected chi connectivity index (χ0v) is 6.64. The van der Waals surface area contributed by atoms with Crippen molar-refractivity contribution in [1.82, 2.24) is 0 Å². The minimum absolute atomic E-state index is 0.254. The first-order valence-corrected chi connectivity index (χ1v) is 3.24. The van der Waals surface area contributed by atoms with Crippen molar-refractivity contribution in [3.8, 4) is 0 Å². The molecular weight excluding hydrogens is 186 g/mol. The first-order chi connectivity index (χ1) is 4.18. The molecule has 0 bridgehead atoms. The summed E-state index contributed by atoms with van der Waals surface area (Å²) in [5.74, 6) is -0.525. The summed E-state index contributed by atoms with van der Waals surface area (Å²) in [5, 5.41) is 0. The third kappa shape index (κ3) is 4.02. The van der Waals surface area contributed by atoms with Gasteiger partial charge in [0, 0.05) is 0 Å². The van der Waals surface area contributed by atoms with Crippen LogP contribution in [0, 0.1) is 0 Å². The lowest BCUT2D eigenvalue weighted by Crippen LogP contribution is -2.10. The van der Waals surface area contributed by atoms with Crippen LogP contribution in [0.25, 0.3) is 0 Å². The van der Waals surface area contributed by atoms with Crippen molar-refractivity contribution in [2.45, 2.75) is 6.92 Å². The van der Waals surface area contributed by atoms with Crippen molar-refractivity contribution in [3.05, 3.63) is 10.7 Å². The molecule has 0 aliphatic heterocycles. The van der Waals surface area contributed by atoms with Gasteiger partial charge in [0.05, 0.1) is 6.61 Å². The topological polar surface area (TPSA) is 52.3 Å². The molecule has 0 spiro atoms. The molecule has 0 fully saturated rings. The zero-order valence-electron chi connectivity index (χ0n) is 5.06. The van der Waals surface area contributed by atoms with Gasteiger partial charge in [0.15, 0.2) is 0 Å². The van der Waals surface area contributed by atoms with Crippen LogP contribution in [0.15, 0.2) is 10.7 Å². The van der Waals surface area contributed by atoms with Crippen LogP contribution in [0.5, 0.6) is 0 Å². The van der Waals surface area contributed by atoms with E-state index in [4.69, 9.17) is 10.5 Å². The van der Waals surface area contributed by atoms with Gasteiger partial charge in [0.2, 0.25) is 0 Å². The Bertz CT molecular complexity index is 133. The van der Waals surface area contributed by atoms with Gasteiger partial charge in [-0.1, -0.05) is 0 Å². The van der Waals surface area contributed by atoms with E-state index in [9.17, 15) is 4.79 Å². The number of ether oxygens (including phenoxy) is 1. The molecule has 0 radical (unpaired) electrons. The van der Waals surface area contributed by atoms with Crippen LogP contribution in [0.3, 0.4) is 0 Å². The Morgan fingerprint density at radius 1 is 1.89 bits per heavy atom. The van der Waals surface area contributed by atoms with Crippen LogP contribution in [-0.2, 0) is 9.53 Å². The van der Waals surface area contributed by atoms with Crippen LogP contribution < -0.4 is 5.73 Å². The molecule has 0 atom stereocenters. The molecule has 0 aromatic carbocycles. The average molecular weight is 194 g/mol. The summed E-state index contributed by atoms with van der Waals surface area (Å²) in [5.41, 5.74) is 4.84. The van der Waals surface area contributed by atoms with Crippen LogP contribution in [0.2, 0.25) is 0 Å². The summed E-state index contributed by atoms with van der Waals surface area (Å²) in [4.78, 5) is 10.2. The van der Waals surface area contributed by atoms with Crippen molar-refractivity contribution in [2.24, 2.45) is 5.73 Å². The fraction of sp³-hybridized carbons (Fsp3) is 0.400. The number of hydrogen-bond acceptors (Lipinski definition) is 2. The zero-order chi connectivity index (χ0) is 7.28. The van der Waals surface area contributed by atoms with E-state index in [-0.39, 0.29) is 4.48 Å². The van der Waals surface area contributed by atoms with Gasteiger partial charge in [0.1, 0.15) is 10.7 Å². The second-order valence-corrected chi connectivity index (χ2v) is 2.14. The lowest BCUT2D eigenvalue weighted by atomic mass is 10.6. The van der Waals surface area contributed by atoms with Crippen molar-refractivity contribution in [2.75, 3.05) is 6.61 Å². The summed E-state index contributed by atoms with van der Waals surface area (Å²) in [6, 6.07) is 0. The molecule has 0 saturated heterocycles. The summed E-state index contributed by atoms with van der Waals surface area (Å²) in [7, 11) is 0. The molecule has 0 saturated carbocycles. The van der Waals surface area contributed by atoms with Gasteiger partial charge in [-0.15, -0.1) is 0 Å². The van der Waals surface area contributed by atoms with Gasteiger partial charge in [-0.25, -0.2) is 0 Å². The minimum Gasteiger partial charge on any atom is -0.500 e. The van der Waals surface area contributed by atoms with Gasteiger partial charge < -0.3 is 10.5 Å². The van der Waals surface area contributed by atoms with Crippen molar-refractivity contribution >= 4 is 21.8 Å². The summed E-state index contributed by atoms with van der Waals surface area (Å²) in [6.45, 7) is 2.35. The highest BCUT2D eigenvalue weighted by atomic mass is 79.9. The molecular formula is C5H8BrNO2. The maximum Gasteiger partial charge on any atom is 0.258 e. The smallest absolute Gasteiger partial charge is 0.258 e. The predicted octanol–water partition coefficient (Wildman–Crippen LogP) is 0.745. The van der Waals surface area contributed by atoms with Gasteiger partial charge in [-0.2, -0.15) is 0 Å². The Morgan fingerprint density at radius 3 is 2.78 bits per heavy atom. The Kier molecular flexibility index (Phi) is 4.13. The fourth-order valence-corrected chi connectivity index (χ4v) is 0.347. The second-order valence-electron chi connectivity index (χ2n) is 1.29. The molecule has 0 heterocycles. The van der Waals surface area contributed by atoms with Crippen LogP contribution in [-0.4, -0.2) is 12.5 Å². The van der Waals surface area contributed by atoms with Crippen molar-refractivity contribution < 1.29 is 9.53 Å². The van der Waals surface area contributed by atoms with Crippen LogP contribution in [0.4, 0.5) is 0 Å². The number of carbonyl (C=O) groups excluding carboxylic acids is 1. The fourth-order valence-electron chi connectivity index (χ4n) is 0.215. The molecule has 2 N–H and O–H groups in total. The number of amides is 1. The number of halogens is 1. The highest BCUT2D eigenvalue weighted by Crippen LogP contribution is 2.02. The normalized spacial score (nSPS) is 11.1. The molecule has 0 aromatic heterocycles. The van der Waals surface area contributed by atoms with Crippen molar-refractivity contribution in [3.63, 3.8) is 0 Å². The van der Waals surface area contributed by atoms with E-state index in [1.54, 1.807) is 0 Å². The molecule has 1 amide bonds. The average Bonchev–Trinajstić information content (AvgIpc) is 1.82. The highest BCUT2D eigenvalue weighted by Gasteiger charge is 1.96. The summed E-state index contributed by atoms with van der Waals surface area (Å²) in [6.07, 6.45) is 1.28. The Labute approximate surface area is 62.0 Å². The molecule has 0 aliphatic carbocycles. The first-order valence-electron chi connectivity index (χ1n) is 2.45. The second kappa shape index (κ2) is 4.38. The first kappa shape index (κ1) is 8.49. The van der Waals surface area contributed by atoms with Crippen molar-refractivity contribution in [1.29, 1.82) is 0 Å². The largest absolute Gasteiger partial charge is 0.500 e. The maximum atomic E-state index is 10.2. The summed E-state index contributed by atoms with van der Waals surface area (Å²) < 4.78 is 5.00. The lowest BCUT2D eigenvalue weighted by Gasteiger charge is -1.93. The SMILES string of the molecule is CCOC=C(Br)C(N)=O. The third-order valence-electron chi connectivity index (χ3n) is 0.589. The highest BCUT2D eigenvalue weighted by molar-refractivity contribution is 9.12. The van der Waals surface area contributed by atoms with E-state index in [1.807, 2.05) is 6.92 Å². The number of carbonyl (C=O) groups is 1. The van der Waals surface area contributed by atoms with E-state index < -0.39 is 5.91 Å². The number of rotatable bonds is 3. The Hall–Kier alpha value is -0.510. The number of hydrogen-bond donors (Lipinski definition) is 1. The molecule has 52 valence electrons. The third-order valence-corrected chi connectivity index (χ3v) is 1.17. The van der Waals surface area contributed by atoms with Gasteiger partial charge in [0.25, 0.3) is 5.91 Å². The molecule has 0 rings (SSSR count).